The number of amides is 1. The van der Waals surface area contributed by atoms with Gasteiger partial charge >= 0.3 is 0 Å². The molecule has 0 heterocycles. The van der Waals surface area contributed by atoms with Crippen LogP contribution in [0.1, 0.15) is 18.1 Å². The largest absolute Gasteiger partial charge is 0.497 e. The molecule has 0 unspecified atom stereocenters. The Hall–Kier alpha value is -3.31. The predicted octanol–water partition coefficient (Wildman–Crippen LogP) is 6.54. The number of aliphatic imine (C=N–C) groups is 1. The van der Waals surface area contributed by atoms with E-state index in [0.717, 1.165) is 39.4 Å². The van der Waals surface area contributed by atoms with Crippen LogP contribution >= 0.6 is 11.8 Å². The van der Waals surface area contributed by atoms with E-state index in [4.69, 9.17) is 4.74 Å². The summed E-state index contributed by atoms with van der Waals surface area (Å²) in [6.07, 6.45) is 2.87. The lowest BCUT2D eigenvalue weighted by atomic mass is 10.0. The number of allylic oxidation sites excluding steroid dienone is 1. The highest BCUT2D eigenvalue weighted by Crippen LogP contribution is 2.28. The van der Waals surface area contributed by atoms with Crippen molar-refractivity contribution >= 4 is 35.1 Å². The Kier molecular flexibility index (Phi) is 7.68. The lowest BCUT2D eigenvalue weighted by molar-refractivity contribution is -0.113. The number of rotatable bonds is 6. The third-order valence-corrected chi connectivity index (χ3v) is 5.63. The molecule has 31 heavy (non-hydrogen) atoms. The van der Waals surface area contributed by atoms with Crippen molar-refractivity contribution in [2.45, 2.75) is 13.8 Å². The summed E-state index contributed by atoms with van der Waals surface area (Å²) >= 11 is 1.46. The van der Waals surface area contributed by atoms with E-state index in [-0.39, 0.29) is 0 Å². The molecule has 3 rings (SSSR count). The van der Waals surface area contributed by atoms with Crippen LogP contribution in [0.2, 0.25) is 0 Å². The number of nitrogens with zero attached hydrogens (tertiary/aromatic N) is 2. The van der Waals surface area contributed by atoms with Gasteiger partial charge in [0.2, 0.25) is 6.41 Å². The molecule has 0 saturated heterocycles. The van der Waals surface area contributed by atoms with E-state index in [1.165, 1.54) is 22.2 Å². The van der Waals surface area contributed by atoms with Crippen LogP contribution in [0.4, 0.5) is 5.69 Å². The lowest BCUT2D eigenvalue weighted by Crippen LogP contribution is -2.21. The number of carbonyl (C=O) groups excluding carboxylic acids is 1. The van der Waals surface area contributed by atoms with Gasteiger partial charge in [0.05, 0.1) is 12.8 Å². The summed E-state index contributed by atoms with van der Waals surface area (Å²) in [5, 5.41) is 0.622. The van der Waals surface area contributed by atoms with E-state index in [9.17, 15) is 4.79 Å². The summed E-state index contributed by atoms with van der Waals surface area (Å²) in [4.78, 5) is 18.6. The van der Waals surface area contributed by atoms with Crippen molar-refractivity contribution in [1.82, 2.24) is 4.90 Å². The monoisotopic (exact) mass is 430 g/mol. The maximum absolute atomic E-state index is 11.4. The van der Waals surface area contributed by atoms with Gasteiger partial charge in [-0.2, -0.15) is 0 Å². The van der Waals surface area contributed by atoms with Crippen molar-refractivity contribution < 1.29 is 9.53 Å². The first kappa shape index (κ1) is 22.4. The normalized spacial score (nSPS) is 11.9. The minimum absolute atomic E-state index is 0.622. The Morgan fingerprint density at radius 3 is 2.35 bits per heavy atom. The number of benzene rings is 3. The third-order valence-electron chi connectivity index (χ3n) is 4.63. The SMILES string of the molecule is COc1cccc(-c2cccc(/C=C(/C)SC(=Nc3ccc(C)cc3)N(C)C=O)c2)c1. The molecular formula is C26H26N2O2S. The minimum atomic E-state index is 0.622. The molecule has 0 fully saturated rings. The zero-order valence-electron chi connectivity index (χ0n) is 18.2. The maximum atomic E-state index is 11.4. The van der Waals surface area contributed by atoms with Crippen molar-refractivity contribution in [3.8, 4) is 16.9 Å². The molecule has 0 aromatic heterocycles. The summed E-state index contributed by atoms with van der Waals surface area (Å²) in [7, 11) is 3.38. The van der Waals surface area contributed by atoms with Gasteiger partial charge in [0.25, 0.3) is 0 Å². The molecular weight excluding hydrogens is 404 g/mol. The van der Waals surface area contributed by atoms with Gasteiger partial charge in [0.1, 0.15) is 5.75 Å². The molecule has 5 heteroatoms. The number of hydrogen-bond donors (Lipinski definition) is 0. The second kappa shape index (κ2) is 10.6. The van der Waals surface area contributed by atoms with E-state index in [2.05, 4.69) is 35.3 Å². The quantitative estimate of drug-likeness (QED) is 0.253. The fourth-order valence-corrected chi connectivity index (χ4v) is 3.79. The van der Waals surface area contributed by atoms with Gasteiger partial charge in [-0.25, -0.2) is 4.99 Å². The van der Waals surface area contributed by atoms with E-state index >= 15 is 0 Å². The highest BCUT2D eigenvalue weighted by Gasteiger charge is 2.09. The fourth-order valence-electron chi connectivity index (χ4n) is 2.97. The molecule has 0 spiro atoms. The number of carbonyl (C=O) groups is 1. The molecule has 1 amide bonds. The Labute approximate surface area is 188 Å². The van der Waals surface area contributed by atoms with Crippen molar-refractivity contribution in [2.75, 3.05) is 14.2 Å². The van der Waals surface area contributed by atoms with E-state index in [1.54, 1.807) is 14.2 Å². The van der Waals surface area contributed by atoms with Gasteiger partial charge < -0.3 is 4.74 Å². The smallest absolute Gasteiger partial charge is 0.215 e. The summed E-state index contributed by atoms with van der Waals surface area (Å²) < 4.78 is 5.34. The zero-order chi connectivity index (χ0) is 22.2. The predicted molar refractivity (Wildman–Crippen MR) is 132 cm³/mol. The Morgan fingerprint density at radius 1 is 1.00 bits per heavy atom. The Balaban J connectivity index is 1.85. The van der Waals surface area contributed by atoms with Gasteiger partial charge in [-0.15, -0.1) is 0 Å². The molecule has 0 aliphatic rings. The fraction of sp³-hybridized carbons (Fsp3) is 0.154. The lowest BCUT2D eigenvalue weighted by Gasteiger charge is -2.14. The van der Waals surface area contributed by atoms with Gasteiger partial charge in [-0.3, -0.25) is 9.69 Å². The average molecular weight is 431 g/mol. The molecule has 3 aromatic carbocycles. The second-order valence-corrected chi connectivity index (χ2v) is 8.37. The summed E-state index contributed by atoms with van der Waals surface area (Å²) in [6, 6.07) is 24.3. The van der Waals surface area contributed by atoms with Gasteiger partial charge in [0.15, 0.2) is 5.17 Å². The molecule has 0 aliphatic carbocycles. The Bertz CT molecular complexity index is 1100. The molecule has 0 N–H and O–H groups in total. The minimum Gasteiger partial charge on any atom is -0.497 e. The average Bonchev–Trinajstić information content (AvgIpc) is 2.79. The molecule has 0 radical (unpaired) electrons. The molecule has 0 aliphatic heterocycles. The third kappa shape index (κ3) is 6.33. The molecule has 0 saturated carbocycles. The van der Waals surface area contributed by atoms with Gasteiger partial charge in [0, 0.05) is 7.05 Å². The van der Waals surface area contributed by atoms with E-state index in [1.807, 2.05) is 62.4 Å². The summed E-state index contributed by atoms with van der Waals surface area (Å²) in [5.41, 5.74) is 5.28. The van der Waals surface area contributed by atoms with E-state index < -0.39 is 0 Å². The van der Waals surface area contributed by atoms with Crippen molar-refractivity contribution in [3.05, 3.63) is 88.8 Å². The zero-order valence-corrected chi connectivity index (χ0v) is 19.0. The van der Waals surface area contributed by atoms with Crippen LogP contribution in [0, 0.1) is 6.92 Å². The number of amidine groups is 1. The first-order valence-electron chi connectivity index (χ1n) is 9.92. The molecule has 0 bridgehead atoms. The first-order valence-corrected chi connectivity index (χ1v) is 10.7. The number of aryl methyl sites for hydroxylation is 1. The number of methoxy groups -OCH3 is 1. The Morgan fingerprint density at radius 2 is 1.68 bits per heavy atom. The standard InChI is InChI=1S/C26H26N2O2S/c1-19-11-13-24(14-12-19)27-26(28(3)18-29)31-20(2)15-21-7-5-8-22(16-21)23-9-6-10-25(17-23)30-4/h5-18H,1-4H3/b20-15-,27-26?. The molecule has 4 nitrogen and oxygen atoms in total. The number of thioether (sulfide) groups is 1. The second-order valence-electron chi connectivity index (χ2n) is 7.16. The van der Waals surface area contributed by atoms with Crippen molar-refractivity contribution in [1.29, 1.82) is 0 Å². The maximum Gasteiger partial charge on any atom is 0.215 e. The number of hydrogen-bond acceptors (Lipinski definition) is 4. The highest BCUT2D eigenvalue weighted by atomic mass is 32.2. The van der Waals surface area contributed by atoms with Crippen LogP contribution < -0.4 is 4.74 Å². The number of ether oxygens (including phenoxy) is 1. The molecule has 158 valence electrons. The van der Waals surface area contributed by atoms with Crippen molar-refractivity contribution in [2.24, 2.45) is 4.99 Å². The first-order chi connectivity index (χ1) is 15.0. The van der Waals surface area contributed by atoms with Crippen LogP contribution in [0.3, 0.4) is 0 Å². The highest BCUT2D eigenvalue weighted by molar-refractivity contribution is 8.17. The van der Waals surface area contributed by atoms with Crippen LogP contribution in [0.25, 0.3) is 17.2 Å². The van der Waals surface area contributed by atoms with Gasteiger partial charge in [-0.1, -0.05) is 59.8 Å². The van der Waals surface area contributed by atoms with Crippen LogP contribution in [-0.2, 0) is 4.79 Å². The summed E-state index contributed by atoms with van der Waals surface area (Å²) in [5.74, 6) is 0.832. The molecule has 3 aromatic rings. The van der Waals surface area contributed by atoms with Crippen LogP contribution in [0.15, 0.2) is 82.7 Å². The topological polar surface area (TPSA) is 41.9 Å². The van der Waals surface area contributed by atoms with Crippen LogP contribution in [-0.4, -0.2) is 30.6 Å². The summed E-state index contributed by atoms with van der Waals surface area (Å²) in [6.45, 7) is 4.05. The van der Waals surface area contributed by atoms with Crippen LogP contribution in [0.5, 0.6) is 5.75 Å². The molecule has 0 atom stereocenters. The van der Waals surface area contributed by atoms with Gasteiger partial charge in [-0.05, 0) is 71.9 Å². The van der Waals surface area contributed by atoms with E-state index in [0.29, 0.717) is 5.17 Å². The van der Waals surface area contributed by atoms with Crippen molar-refractivity contribution in [3.63, 3.8) is 0 Å².